The van der Waals surface area contributed by atoms with Crippen LogP contribution >= 0.6 is 0 Å². The van der Waals surface area contributed by atoms with Crippen LogP contribution in [0.25, 0.3) is 5.65 Å². The van der Waals surface area contributed by atoms with Crippen LogP contribution in [0.4, 0.5) is 21.5 Å². The molecule has 10 nitrogen and oxygen atoms in total. The fraction of sp³-hybridized carbons (Fsp3) is 0.350. The van der Waals surface area contributed by atoms with Crippen molar-refractivity contribution in [3.63, 3.8) is 0 Å². The van der Waals surface area contributed by atoms with Crippen molar-refractivity contribution >= 4 is 28.6 Å². The van der Waals surface area contributed by atoms with Gasteiger partial charge in [0.1, 0.15) is 11.5 Å². The lowest BCUT2D eigenvalue weighted by Gasteiger charge is -2.37. The van der Waals surface area contributed by atoms with Crippen molar-refractivity contribution in [2.75, 3.05) is 43.4 Å². The highest BCUT2D eigenvalue weighted by molar-refractivity contribution is 6.06. The summed E-state index contributed by atoms with van der Waals surface area (Å²) in [6.45, 7) is 14.5. The number of rotatable bonds is 8. The third kappa shape index (κ3) is 7.65. The molecule has 11 heteroatoms. The first-order chi connectivity index (χ1) is 24.3. The Bertz CT molecular complexity index is 2190. The first-order valence-electron chi connectivity index (χ1n) is 17.2. The normalized spacial score (nSPS) is 14.0. The molecule has 0 radical (unpaired) electrons. The van der Waals surface area contributed by atoms with Crippen LogP contribution in [0.5, 0.6) is 0 Å². The number of aryl methyl sites for hydroxylation is 2. The zero-order valence-corrected chi connectivity index (χ0v) is 30.3. The summed E-state index contributed by atoms with van der Waals surface area (Å²) in [5.41, 5.74) is 5.67. The zero-order chi connectivity index (χ0) is 36.4. The Morgan fingerprint density at radius 2 is 1.86 bits per heavy atom. The van der Waals surface area contributed by atoms with Gasteiger partial charge in [-0.3, -0.25) is 23.7 Å². The van der Waals surface area contributed by atoms with Crippen molar-refractivity contribution in [3.05, 3.63) is 107 Å². The van der Waals surface area contributed by atoms with E-state index in [1.165, 1.54) is 17.0 Å². The molecule has 5 aromatic rings. The summed E-state index contributed by atoms with van der Waals surface area (Å²) in [4.78, 5) is 24.9. The summed E-state index contributed by atoms with van der Waals surface area (Å²) in [6.07, 6.45) is 7.18. The van der Waals surface area contributed by atoms with E-state index < -0.39 is 17.1 Å². The zero-order valence-electron chi connectivity index (χ0n) is 30.3. The summed E-state index contributed by atoms with van der Waals surface area (Å²) in [7, 11) is 3.50. The summed E-state index contributed by atoms with van der Waals surface area (Å²) in [5, 5.41) is 17.5. The summed E-state index contributed by atoms with van der Waals surface area (Å²) < 4.78 is 19.1. The molecule has 1 fully saturated rings. The van der Waals surface area contributed by atoms with Gasteiger partial charge in [-0.2, -0.15) is 10.4 Å². The molecule has 51 heavy (non-hydrogen) atoms. The van der Waals surface area contributed by atoms with Crippen LogP contribution in [-0.2, 0) is 19.0 Å². The Morgan fingerprint density at radius 1 is 1.10 bits per heavy atom. The van der Waals surface area contributed by atoms with Crippen LogP contribution in [0.15, 0.2) is 67.3 Å². The molecule has 1 saturated heterocycles. The number of pyridine rings is 1. The number of nitriles is 1. The number of hydrogen-bond donors (Lipinski definition) is 1. The molecule has 3 aromatic heterocycles. The largest absolute Gasteiger partial charge is 0.350 e. The first kappa shape index (κ1) is 35.3. The van der Waals surface area contributed by atoms with Crippen molar-refractivity contribution in [2.45, 2.75) is 52.6 Å². The SMILES string of the molecule is Cc1cc(F)c(C(=O)N(C)c2cc(CN3CCN(C(C)C)CC3)cc(C(C)(C)C#N)c2)cc1C#Cc1cnc2c(Nc3cnn(C)c3)cccn12. The van der Waals surface area contributed by atoms with Gasteiger partial charge in [0.25, 0.3) is 5.91 Å². The number of carbonyl (C=O) groups excluding carboxylic acids is 1. The van der Waals surface area contributed by atoms with Gasteiger partial charge in [-0.1, -0.05) is 12.0 Å². The van der Waals surface area contributed by atoms with Gasteiger partial charge in [0.15, 0.2) is 5.65 Å². The highest BCUT2D eigenvalue weighted by Crippen LogP contribution is 2.30. The lowest BCUT2D eigenvalue weighted by molar-refractivity contribution is 0.0989. The molecular weight excluding hydrogens is 642 g/mol. The molecule has 1 amide bonds. The van der Waals surface area contributed by atoms with Gasteiger partial charge in [0.2, 0.25) is 0 Å². The van der Waals surface area contributed by atoms with E-state index in [0.717, 1.165) is 48.7 Å². The van der Waals surface area contributed by atoms with Crippen molar-refractivity contribution in [1.82, 2.24) is 29.0 Å². The number of amides is 1. The molecule has 0 saturated carbocycles. The van der Waals surface area contributed by atoms with Crippen molar-refractivity contribution in [3.8, 4) is 17.9 Å². The minimum Gasteiger partial charge on any atom is -0.350 e. The first-order valence-corrected chi connectivity index (χ1v) is 17.2. The van der Waals surface area contributed by atoms with E-state index in [1.807, 2.05) is 62.0 Å². The van der Waals surface area contributed by atoms with E-state index in [0.29, 0.717) is 40.7 Å². The predicted molar refractivity (Wildman–Crippen MR) is 199 cm³/mol. The number of anilines is 3. The standard InChI is InChI=1S/C40H44FN9O/c1-27(2)49-15-13-48(14-16-49)24-29-18-31(40(4,5)26-42)21-34(19-29)47(7)39(51)35-20-30(28(3)17-36(35)41)10-11-33-23-43-38-37(9-8-12-50(33)38)45-32-22-44-46(6)25-32/h8-9,12,17-23,25,27,45H,13-16,24H2,1-7H3. The van der Waals surface area contributed by atoms with Gasteiger partial charge < -0.3 is 10.2 Å². The molecule has 1 aliphatic heterocycles. The van der Waals surface area contributed by atoms with Gasteiger partial charge >= 0.3 is 0 Å². The van der Waals surface area contributed by atoms with Gasteiger partial charge in [0, 0.05) is 76.5 Å². The monoisotopic (exact) mass is 685 g/mol. The molecule has 2 aromatic carbocycles. The number of halogens is 1. The number of benzene rings is 2. The quantitative estimate of drug-likeness (QED) is 0.193. The Labute approximate surface area is 299 Å². The van der Waals surface area contributed by atoms with Crippen LogP contribution in [-0.4, -0.2) is 74.1 Å². The van der Waals surface area contributed by atoms with Crippen LogP contribution in [0, 0.1) is 35.9 Å². The molecule has 0 aliphatic carbocycles. The summed E-state index contributed by atoms with van der Waals surface area (Å²) in [5.74, 6) is 5.21. The Morgan fingerprint density at radius 3 is 2.55 bits per heavy atom. The fourth-order valence-corrected chi connectivity index (χ4v) is 6.32. The topological polar surface area (TPSA) is 97.7 Å². The smallest absolute Gasteiger partial charge is 0.261 e. The maximum atomic E-state index is 15.5. The highest BCUT2D eigenvalue weighted by Gasteiger charge is 2.26. The lowest BCUT2D eigenvalue weighted by Crippen LogP contribution is -2.48. The maximum absolute atomic E-state index is 15.5. The summed E-state index contributed by atoms with van der Waals surface area (Å²) >= 11 is 0. The van der Waals surface area contributed by atoms with Gasteiger partial charge in [-0.15, -0.1) is 0 Å². The van der Waals surface area contributed by atoms with Gasteiger partial charge in [-0.05, 0) is 93.6 Å². The number of imidazole rings is 1. The van der Waals surface area contributed by atoms with E-state index >= 15 is 4.39 Å². The fourth-order valence-electron chi connectivity index (χ4n) is 6.32. The third-order valence-electron chi connectivity index (χ3n) is 9.60. The molecule has 262 valence electrons. The third-order valence-corrected chi connectivity index (χ3v) is 9.60. The van der Waals surface area contributed by atoms with Gasteiger partial charge in [0.05, 0.1) is 40.8 Å². The number of piperazine rings is 1. The lowest BCUT2D eigenvalue weighted by atomic mass is 9.85. The second-order valence-electron chi connectivity index (χ2n) is 14.1. The van der Waals surface area contributed by atoms with E-state index in [2.05, 4.69) is 63.0 Å². The molecule has 1 N–H and O–H groups in total. The van der Waals surface area contributed by atoms with Crippen LogP contribution in [0.2, 0.25) is 0 Å². The summed E-state index contributed by atoms with van der Waals surface area (Å²) in [6, 6.07) is 15.5. The number of aromatic nitrogens is 4. The molecule has 1 aliphatic rings. The minimum atomic E-state index is -0.781. The molecule has 4 heterocycles. The van der Waals surface area contributed by atoms with Crippen LogP contribution in [0.1, 0.15) is 66.0 Å². The number of fused-ring (bicyclic) bond motifs is 1. The Hall–Kier alpha value is -5.49. The van der Waals surface area contributed by atoms with Crippen LogP contribution < -0.4 is 10.2 Å². The van der Waals surface area contributed by atoms with Crippen molar-refractivity contribution < 1.29 is 9.18 Å². The van der Waals surface area contributed by atoms with Crippen LogP contribution in [0.3, 0.4) is 0 Å². The highest BCUT2D eigenvalue weighted by atomic mass is 19.1. The second kappa shape index (κ2) is 14.4. The molecule has 0 bridgehead atoms. The Kier molecular flexibility index (Phi) is 9.97. The molecule has 0 spiro atoms. The number of hydrogen-bond acceptors (Lipinski definition) is 7. The maximum Gasteiger partial charge on any atom is 0.261 e. The van der Waals surface area contributed by atoms with E-state index in [4.69, 9.17) is 0 Å². The van der Waals surface area contributed by atoms with E-state index in [9.17, 15) is 10.1 Å². The number of nitrogens with one attached hydrogen (secondary N) is 1. The number of nitrogens with zero attached hydrogens (tertiary/aromatic N) is 8. The van der Waals surface area contributed by atoms with E-state index in [1.54, 1.807) is 31.0 Å². The molecule has 6 rings (SSSR count). The minimum absolute atomic E-state index is 0.0789. The van der Waals surface area contributed by atoms with E-state index in [-0.39, 0.29) is 5.56 Å². The van der Waals surface area contributed by atoms with Crippen molar-refractivity contribution in [2.24, 2.45) is 7.05 Å². The molecule has 0 unspecified atom stereocenters. The van der Waals surface area contributed by atoms with Crippen molar-refractivity contribution in [1.29, 1.82) is 5.26 Å². The Balaban J connectivity index is 1.27. The van der Waals surface area contributed by atoms with Gasteiger partial charge in [-0.25, -0.2) is 9.37 Å². The molecular formula is C40H44FN9O. The average molecular weight is 686 g/mol. The second-order valence-corrected chi connectivity index (χ2v) is 14.1. The predicted octanol–water partition coefficient (Wildman–Crippen LogP) is 6.26. The number of carbonyl (C=O) groups is 1. The average Bonchev–Trinajstić information content (AvgIpc) is 3.73. The molecule has 0 atom stereocenters.